The lowest BCUT2D eigenvalue weighted by Crippen LogP contribution is -2.41. The molecule has 5 nitrogen and oxygen atoms in total. The van der Waals surface area contributed by atoms with E-state index < -0.39 is 0 Å². The second-order valence-electron chi connectivity index (χ2n) is 5.88. The number of hydrogen-bond acceptors (Lipinski definition) is 3. The highest BCUT2D eigenvalue weighted by molar-refractivity contribution is 14.0. The summed E-state index contributed by atoms with van der Waals surface area (Å²) in [5.74, 6) is 1.50. The largest absolute Gasteiger partial charge is 0.381 e. The van der Waals surface area contributed by atoms with Gasteiger partial charge in [0.05, 0.1) is 6.61 Å². The van der Waals surface area contributed by atoms with Gasteiger partial charge in [0.2, 0.25) is 0 Å². The normalized spacial score (nSPS) is 17.2. The topological polar surface area (TPSA) is 48.9 Å². The summed E-state index contributed by atoms with van der Waals surface area (Å²) in [4.78, 5) is 6.68. The van der Waals surface area contributed by atoms with Gasteiger partial charge in [-0.1, -0.05) is 18.2 Å². The van der Waals surface area contributed by atoms with E-state index in [1.807, 2.05) is 7.05 Å². The highest BCUT2D eigenvalue weighted by Crippen LogP contribution is 2.12. The summed E-state index contributed by atoms with van der Waals surface area (Å²) in [6, 6.07) is 10.6. The number of para-hydroxylation sites is 1. The first-order valence-electron chi connectivity index (χ1n) is 8.65. The zero-order valence-electron chi connectivity index (χ0n) is 14.8. The summed E-state index contributed by atoms with van der Waals surface area (Å²) in [6.45, 7) is 7.89. The van der Waals surface area contributed by atoms with Crippen molar-refractivity contribution in [3.05, 3.63) is 30.3 Å². The van der Waals surface area contributed by atoms with Crippen LogP contribution in [0.3, 0.4) is 0 Å². The van der Waals surface area contributed by atoms with Crippen LogP contribution in [0.15, 0.2) is 35.3 Å². The van der Waals surface area contributed by atoms with Crippen LogP contribution in [-0.2, 0) is 4.74 Å². The molecule has 0 bridgehead atoms. The van der Waals surface area contributed by atoms with E-state index in [1.165, 1.54) is 5.69 Å². The number of ether oxygens (including phenoxy) is 1. The fourth-order valence-electron chi connectivity index (χ4n) is 2.79. The van der Waals surface area contributed by atoms with Gasteiger partial charge in [-0.05, 0) is 31.9 Å². The molecule has 1 heterocycles. The van der Waals surface area contributed by atoms with Crippen molar-refractivity contribution in [1.82, 2.24) is 10.6 Å². The Hall–Kier alpha value is -1.02. The van der Waals surface area contributed by atoms with E-state index in [0.717, 1.165) is 58.2 Å². The number of rotatable bonds is 8. The fraction of sp³-hybridized carbons (Fsp3) is 0.611. The summed E-state index contributed by atoms with van der Waals surface area (Å²) in [5.41, 5.74) is 1.29. The molecular formula is C18H31IN4O. The molecule has 2 rings (SSSR count). The molecule has 1 aliphatic rings. The SMILES string of the molecule is CCN(CCCNC(=NC)NCC1CCOC1)c1ccccc1.I. The van der Waals surface area contributed by atoms with Crippen LogP contribution in [0.5, 0.6) is 0 Å². The second kappa shape index (κ2) is 12.4. The van der Waals surface area contributed by atoms with Gasteiger partial charge in [-0.2, -0.15) is 0 Å². The van der Waals surface area contributed by atoms with Crippen molar-refractivity contribution < 1.29 is 4.74 Å². The third-order valence-corrected chi connectivity index (χ3v) is 4.21. The van der Waals surface area contributed by atoms with E-state index in [1.54, 1.807) is 0 Å². The molecule has 0 spiro atoms. The monoisotopic (exact) mass is 446 g/mol. The highest BCUT2D eigenvalue weighted by atomic mass is 127. The fourth-order valence-corrected chi connectivity index (χ4v) is 2.79. The molecule has 0 amide bonds. The van der Waals surface area contributed by atoms with Crippen molar-refractivity contribution in [3.8, 4) is 0 Å². The third-order valence-electron chi connectivity index (χ3n) is 4.21. The zero-order valence-corrected chi connectivity index (χ0v) is 17.2. The Labute approximate surface area is 163 Å². The Bertz CT molecular complexity index is 463. The van der Waals surface area contributed by atoms with E-state index in [9.17, 15) is 0 Å². The minimum atomic E-state index is 0. The van der Waals surface area contributed by atoms with Gasteiger partial charge in [0.15, 0.2) is 5.96 Å². The van der Waals surface area contributed by atoms with E-state index in [2.05, 4.69) is 57.8 Å². The molecule has 1 aromatic rings. The Morgan fingerprint density at radius 2 is 2.08 bits per heavy atom. The summed E-state index contributed by atoms with van der Waals surface area (Å²) >= 11 is 0. The Kier molecular flexibility index (Phi) is 10.8. The lowest BCUT2D eigenvalue weighted by molar-refractivity contribution is 0.186. The first kappa shape index (κ1) is 21.0. The second-order valence-corrected chi connectivity index (χ2v) is 5.88. The summed E-state index contributed by atoms with van der Waals surface area (Å²) in [5, 5.41) is 6.79. The van der Waals surface area contributed by atoms with Crippen molar-refractivity contribution in [2.24, 2.45) is 10.9 Å². The smallest absolute Gasteiger partial charge is 0.190 e. The van der Waals surface area contributed by atoms with Crippen molar-refractivity contribution in [2.45, 2.75) is 19.8 Å². The van der Waals surface area contributed by atoms with Crippen molar-refractivity contribution >= 4 is 35.6 Å². The first-order chi connectivity index (χ1) is 11.3. The number of aliphatic imine (C=N–C) groups is 1. The van der Waals surface area contributed by atoms with Crippen LogP contribution in [0, 0.1) is 5.92 Å². The predicted molar refractivity (Wildman–Crippen MR) is 113 cm³/mol. The highest BCUT2D eigenvalue weighted by Gasteiger charge is 2.15. The van der Waals surface area contributed by atoms with Gasteiger partial charge in [-0.3, -0.25) is 4.99 Å². The van der Waals surface area contributed by atoms with Crippen LogP contribution < -0.4 is 15.5 Å². The quantitative estimate of drug-likeness (QED) is 0.279. The molecule has 0 aliphatic carbocycles. The van der Waals surface area contributed by atoms with Crippen molar-refractivity contribution in [1.29, 1.82) is 0 Å². The zero-order chi connectivity index (χ0) is 16.3. The third kappa shape index (κ3) is 7.25. The number of nitrogens with one attached hydrogen (secondary N) is 2. The van der Waals surface area contributed by atoms with Crippen LogP contribution in [-0.4, -0.2) is 52.4 Å². The van der Waals surface area contributed by atoms with Gasteiger partial charge in [-0.15, -0.1) is 24.0 Å². The maximum atomic E-state index is 5.40. The van der Waals surface area contributed by atoms with Gasteiger partial charge in [-0.25, -0.2) is 0 Å². The van der Waals surface area contributed by atoms with Crippen LogP contribution in [0.2, 0.25) is 0 Å². The van der Waals surface area contributed by atoms with Gasteiger partial charge in [0, 0.05) is 51.4 Å². The van der Waals surface area contributed by atoms with Gasteiger partial charge >= 0.3 is 0 Å². The number of nitrogens with zero attached hydrogens (tertiary/aromatic N) is 2. The molecule has 0 radical (unpaired) electrons. The van der Waals surface area contributed by atoms with E-state index in [0.29, 0.717) is 5.92 Å². The minimum absolute atomic E-state index is 0. The van der Waals surface area contributed by atoms with Gasteiger partial charge < -0.3 is 20.3 Å². The lowest BCUT2D eigenvalue weighted by Gasteiger charge is -2.23. The molecule has 1 saturated heterocycles. The van der Waals surface area contributed by atoms with E-state index >= 15 is 0 Å². The number of benzene rings is 1. The molecule has 0 saturated carbocycles. The number of hydrogen-bond donors (Lipinski definition) is 2. The molecule has 1 fully saturated rings. The molecule has 2 N–H and O–H groups in total. The Morgan fingerprint density at radius 3 is 2.71 bits per heavy atom. The average Bonchev–Trinajstić information content (AvgIpc) is 3.12. The van der Waals surface area contributed by atoms with Crippen LogP contribution in [0.4, 0.5) is 5.69 Å². The minimum Gasteiger partial charge on any atom is -0.381 e. The predicted octanol–water partition coefficient (Wildman–Crippen LogP) is 2.72. The average molecular weight is 446 g/mol. The van der Waals surface area contributed by atoms with Gasteiger partial charge in [0.1, 0.15) is 0 Å². The number of halogens is 1. The summed E-state index contributed by atoms with van der Waals surface area (Å²) in [6.07, 6.45) is 2.22. The molecule has 1 aliphatic heterocycles. The molecule has 1 atom stereocenters. The first-order valence-corrected chi connectivity index (χ1v) is 8.65. The molecular weight excluding hydrogens is 415 g/mol. The molecule has 24 heavy (non-hydrogen) atoms. The van der Waals surface area contributed by atoms with Crippen LogP contribution >= 0.6 is 24.0 Å². The molecule has 1 aromatic carbocycles. The Balaban J connectivity index is 0.00000288. The van der Waals surface area contributed by atoms with Crippen LogP contribution in [0.1, 0.15) is 19.8 Å². The van der Waals surface area contributed by atoms with Crippen LogP contribution in [0.25, 0.3) is 0 Å². The number of anilines is 1. The molecule has 0 aromatic heterocycles. The molecule has 6 heteroatoms. The standard InChI is InChI=1S/C18H30N4O.HI/c1-3-22(17-8-5-4-6-9-17)12-7-11-20-18(19-2)21-14-16-10-13-23-15-16;/h4-6,8-9,16H,3,7,10-15H2,1-2H3,(H2,19,20,21);1H. The summed E-state index contributed by atoms with van der Waals surface area (Å²) < 4.78 is 5.40. The maximum Gasteiger partial charge on any atom is 0.190 e. The van der Waals surface area contributed by atoms with Gasteiger partial charge in [0.25, 0.3) is 0 Å². The van der Waals surface area contributed by atoms with E-state index in [-0.39, 0.29) is 24.0 Å². The molecule has 136 valence electrons. The summed E-state index contributed by atoms with van der Waals surface area (Å²) in [7, 11) is 1.82. The lowest BCUT2D eigenvalue weighted by atomic mass is 10.1. The maximum absolute atomic E-state index is 5.40. The van der Waals surface area contributed by atoms with E-state index in [4.69, 9.17) is 4.74 Å². The Morgan fingerprint density at radius 1 is 1.29 bits per heavy atom. The van der Waals surface area contributed by atoms with Crippen molar-refractivity contribution in [3.63, 3.8) is 0 Å². The number of guanidine groups is 1. The van der Waals surface area contributed by atoms with Crippen molar-refractivity contribution in [2.75, 3.05) is 51.3 Å². The molecule has 1 unspecified atom stereocenters.